The fourth-order valence-electron chi connectivity index (χ4n) is 2.81. The SMILES string of the molecule is COc1cc(F)c(C(C)c2c(C)n(C(C)C)[nH]c2=O)c(F)c1. The summed E-state index contributed by atoms with van der Waals surface area (Å²) >= 11 is 0. The summed E-state index contributed by atoms with van der Waals surface area (Å²) in [7, 11) is 1.34. The van der Waals surface area contributed by atoms with E-state index in [0.717, 1.165) is 12.1 Å². The molecule has 0 saturated carbocycles. The topological polar surface area (TPSA) is 47.0 Å². The quantitative estimate of drug-likeness (QED) is 0.939. The maximum absolute atomic E-state index is 14.2. The summed E-state index contributed by atoms with van der Waals surface area (Å²) in [6, 6.07) is 2.30. The van der Waals surface area contributed by atoms with Crippen LogP contribution in [0.5, 0.6) is 5.75 Å². The molecule has 0 bridgehead atoms. The molecule has 2 rings (SSSR count). The maximum Gasteiger partial charge on any atom is 0.268 e. The van der Waals surface area contributed by atoms with Gasteiger partial charge in [-0.25, -0.2) is 8.78 Å². The average Bonchev–Trinajstić information content (AvgIpc) is 2.73. The zero-order valence-electron chi connectivity index (χ0n) is 13.3. The molecule has 1 aromatic carbocycles. The van der Waals surface area contributed by atoms with Crippen molar-refractivity contribution < 1.29 is 13.5 Å². The molecule has 0 spiro atoms. The lowest BCUT2D eigenvalue weighted by Crippen LogP contribution is -2.13. The molecule has 1 N–H and O–H groups in total. The molecular weight excluding hydrogens is 290 g/mol. The van der Waals surface area contributed by atoms with Crippen LogP contribution in [0.1, 0.15) is 49.6 Å². The Kier molecular flexibility index (Phi) is 4.39. The van der Waals surface area contributed by atoms with Crippen molar-refractivity contribution in [3.63, 3.8) is 0 Å². The number of hydrogen-bond donors (Lipinski definition) is 1. The Hall–Kier alpha value is -2.11. The van der Waals surface area contributed by atoms with Gasteiger partial charge in [0.1, 0.15) is 17.4 Å². The van der Waals surface area contributed by atoms with Crippen LogP contribution >= 0.6 is 0 Å². The first kappa shape index (κ1) is 16.3. The Balaban J connectivity index is 2.59. The number of nitrogens with zero attached hydrogens (tertiary/aromatic N) is 1. The van der Waals surface area contributed by atoms with Gasteiger partial charge in [-0.1, -0.05) is 6.92 Å². The Labute approximate surface area is 127 Å². The molecule has 0 aliphatic rings. The molecule has 0 amide bonds. The molecule has 1 heterocycles. The zero-order chi connectivity index (χ0) is 16.6. The Morgan fingerprint density at radius 2 is 1.68 bits per heavy atom. The van der Waals surface area contributed by atoms with Gasteiger partial charge in [0.05, 0.1) is 7.11 Å². The number of ether oxygens (including phenoxy) is 1. The summed E-state index contributed by atoms with van der Waals surface area (Å²) < 4.78 is 35.0. The van der Waals surface area contributed by atoms with Crippen molar-refractivity contribution >= 4 is 0 Å². The second kappa shape index (κ2) is 5.94. The molecule has 1 unspecified atom stereocenters. The first-order valence-corrected chi connectivity index (χ1v) is 7.11. The van der Waals surface area contributed by atoms with Crippen molar-refractivity contribution in [1.29, 1.82) is 0 Å². The summed E-state index contributed by atoms with van der Waals surface area (Å²) in [5.74, 6) is -2.04. The van der Waals surface area contributed by atoms with E-state index in [9.17, 15) is 13.6 Å². The van der Waals surface area contributed by atoms with Crippen LogP contribution in [-0.4, -0.2) is 16.9 Å². The van der Waals surface area contributed by atoms with E-state index in [1.54, 1.807) is 18.5 Å². The third kappa shape index (κ3) is 2.65. The molecule has 2 aromatic rings. The van der Waals surface area contributed by atoms with Crippen LogP contribution in [0.15, 0.2) is 16.9 Å². The highest BCUT2D eigenvalue weighted by atomic mass is 19.1. The van der Waals surface area contributed by atoms with Gasteiger partial charge in [0.25, 0.3) is 5.56 Å². The van der Waals surface area contributed by atoms with E-state index < -0.39 is 17.6 Å². The standard InChI is InChI=1S/C16H20F2N2O2/c1-8(2)20-10(4)14(16(21)19-20)9(3)15-12(17)6-11(22-5)7-13(15)18/h6-9H,1-5H3,(H,19,21). The van der Waals surface area contributed by atoms with Crippen molar-refractivity contribution in [3.05, 3.63) is 50.9 Å². The van der Waals surface area contributed by atoms with Crippen molar-refractivity contribution in [2.24, 2.45) is 0 Å². The highest BCUT2D eigenvalue weighted by molar-refractivity contribution is 5.38. The molecule has 0 aliphatic carbocycles. The van der Waals surface area contributed by atoms with Crippen LogP contribution in [0.4, 0.5) is 8.78 Å². The fraction of sp³-hybridized carbons (Fsp3) is 0.438. The van der Waals surface area contributed by atoms with Crippen LogP contribution in [0.25, 0.3) is 0 Å². The number of halogens is 2. The van der Waals surface area contributed by atoms with Crippen molar-refractivity contribution in [3.8, 4) is 5.75 Å². The minimum absolute atomic E-state index is 0.0548. The number of nitrogens with one attached hydrogen (secondary N) is 1. The zero-order valence-corrected chi connectivity index (χ0v) is 13.3. The number of hydrogen-bond acceptors (Lipinski definition) is 2. The van der Waals surface area contributed by atoms with Crippen molar-refractivity contribution in [2.75, 3.05) is 7.11 Å². The number of aromatic nitrogens is 2. The highest BCUT2D eigenvalue weighted by Gasteiger charge is 2.25. The molecule has 0 aliphatic heterocycles. The van der Waals surface area contributed by atoms with Gasteiger partial charge in [0.2, 0.25) is 0 Å². The van der Waals surface area contributed by atoms with Gasteiger partial charge in [0.15, 0.2) is 0 Å². The van der Waals surface area contributed by atoms with Gasteiger partial charge in [-0.2, -0.15) is 0 Å². The maximum atomic E-state index is 14.2. The van der Waals surface area contributed by atoms with Crippen LogP contribution in [0.3, 0.4) is 0 Å². The van der Waals surface area contributed by atoms with Crippen molar-refractivity contribution in [2.45, 2.75) is 39.7 Å². The number of rotatable bonds is 4. The van der Waals surface area contributed by atoms with Gasteiger partial charge in [-0.05, 0) is 20.8 Å². The molecule has 0 saturated heterocycles. The molecule has 6 heteroatoms. The summed E-state index contributed by atoms with van der Waals surface area (Å²) in [4.78, 5) is 12.2. The third-order valence-corrected chi connectivity index (χ3v) is 3.89. The average molecular weight is 310 g/mol. The van der Waals surface area contributed by atoms with Crippen LogP contribution < -0.4 is 10.3 Å². The minimum Gasteiger partial charge on any atom is -0.497 e. The number of methoxy groups -OCH3 is 1. The van der Waals surface area contributed by atoms with Gasteiger partial charge < -0.3 is 4.74 Å². The van der Waals surface area contributed by atoms with E-state index in [4.69, 9.17) is 4.74 Å². The molecular formula is C16H20F2N2O2. The molecule has 120 valence electrons. The Morgan fingerprint density at radius 1 is 1.14 bits per heavy atom. The van der Waals surface area contributed by atoms with E-state index in [-0.39, 0.29) is 22.9 Å². The minimum atomic E-state index is -0.722. The highest BCUT2D eigenvalue weighted by Crippen LogP contribution is 2.31. The summed E-state index contributed by atoms with van der Waals surface area (Å²) in [5.41, 5.74) is 0.600. The lowest BCUT2D eigenvalue weighted by atomic mass is 9.92. The lowest BCUT2D eigenvalue weighted by molar-refractivity contribution is 0.404. The van der Waals surface area contributed by atoms with Gasteiger partial charge in [-0.15, -0.1) is 0 Å². The Bertz CT molecular complexity index is 724. The molecule has 0 radical (unpaired) electrons. The predicted octanol–water partition coefficient (Wildman–Crippen LogP) is 3.50. The second-order valence-corrected chi connectivity index (χ2v) is 5.63. The van der Waals surface area contributed by atoms with E-state index in [2.05, 4.69) is 5.10 Å². The van der Waals surface area contributed by atoms with Crippen LogP contribution in [-0.2, 0) is 0 Å². The van der Waals surface area contributed by atoms with E-state index >= 15 is 0 Å². The third-order valence-electron chi connectivity index (χ3n) is 3.89. The lowest BCUT2D eigenvalue weighted by Gasteiger charge is -2.15. The second-order valence-electron chi connectivity index (χ2n) is 5.63. The fourth-order valence-corrected chi connectivity index (χ4v) is 2.81. The predicted molar refractivity (Wildman–Crippen MR) is 80.6 cm³/mol. The summed E-state index contributed by atoms with van der Waals surface area (Å²) in [6.07, 6.45) is 0. The number of H-pyrrole nitrogens is 1. The van der Waals surface area contributed by atoms with Gasteiger partial charge in [0, 0.05) is 40.9 Å². The first-order valence-electron chi connectivity index (χ1n) is 7.11. The largest absolute Gasteiger partial charge is 0.497 e. The van der Waals surface area contributed by atoms with Crippen LogP contribution in [0.2, 0.25) is 0 Å². The number of benzene rings is 1. The number of aromatic amines is 1. The summed E-state index contributed by atoms with van der Waals surface area (Å²) in [6.45, 7) is 7.23. The van der Waals surface area contributed by atoms with E-state index in [1.807, 2.05) is 13.8 Å². The van der Waals surface area contributed by atoms with E-state index in [1.165, 1.54) is 7.11 Å². The molecule has 1 atom stereocenters. The normalized spacial score (nSPS) is 12.7. The molecule has 1 aromatic heterocycles. The van der Waals surface area contributed by atoms with Gasteiger partial charge >= 0.3 is 0 Å². The van der Waals surface area contributed by atoms with Crippen molar-refractivity contribution in [1.82, 2.24) is 9.78 Å². The molecule has 0 fully saturated rings. The monoisotopic (exact) mass is 310 g/mol. The summed E-state index contributed by atoms with van der Waals surface area (Å²) in [5, 5.41) is 2.72. The van der Waals surface area contributed by atoms with E-state index in [0.29, 0.717) is 11.3 Å². The first-order chi connectivity index (χ1) is 10.3. The van der Waals surface area contributed by atoms with Gasteiger partial charge in [-0.3, -0.25) is 14.6 Å². The molecule has 22 heavy (non-hydrogen) atoms. The molecule has 4 nitrogen and oxygen atoms in total. The smallest absolute Gasteiger partial charge is 0.268 e. The Morgan fingerprint density at radius 3 is 2.09 bits per heavy atom. The van der Waals surface area contributed by atoms with Crippen LogP contribution in [0, 0.1) is 18.6 Å².